The van der Waals surface area contributed by atoms with Crippen molar-refractivity contribution < 1.29 is 13.2 Å². The van der Waals surface area contributed by atoms with Gasteiger partial charge in [-0.3, -0.25) is 4.79 Å². The molecule has 3 rings (SSSR count). The van der Waals surface area contributed by atoms with Crippen molar-refractivity contribution >= 4 is 27.3 Å². The lowest BCUT2D eigenvalue weighted by molar-refractivity contribution is -0.126. The van der Waals surface area contributed by atoms with Gasteiger partial charge in [0.25, 0.3) is 10.0 Å². The van der Waals surface area contributed by atoms with E-state index in [-0.39, 0.29) is 18.4 Å². The molecule has 2 saturated heterocycles. The maximum absolute atomic E-state index is 12.7. The summed E-state index contributed by atoms with van der Waals surface area (Å²) < 4.78 is 27.2. The zero-order valence-electron chi connectivity index (χ0n) is 16.0. The van der Waals surface area contributed by atoms with Crippen LogP contribution in [0.4, 0.5) is 0 Å². The van der Waals surface area contributed by atoms with E-state index in [1.807, 2.05) is 0 Å². The molecule has 2 fully saturated rings. The van der Waals surface area contributed by atoms with E-state index >= 15 is 0 Å². The van der Waals surface area contributed by atoms with Crippen LogP contribution < -0.4 is 5.32 Å². The highest BCUT2D eigenvalue weighted by molar-refractivity contribution is 7.91. The van der Waals surface area contributed by atoms with Gasteiger partial charge in [0.1, 0.15) is 4.21 Å². The summed E-state index contributed by atoms with van der Waals surface area (Å²) in [4.78, 5) is 17.3. The molecule has 0 aromatic carbocycles. The predicted octanol–water partition coefficient (Wildman–Crippen LogP) is 0.903. The number of hydrogen-bond acceptors (Lipinski definition) is 6. The Balaban J connectivity index is 1.42. The molecule has 0 aliphatic carbocycles. The van der Waals surface area contributed by atoms with Crippen molar-refractivity contribution in [3.63, 3.8) is 0 Å². The highest BCUT2D eigenvalue weighted by atomic mass is 32.2. The normalized spacial score (nSPS) is 23.4. The van der Waals surface area contributed by atoms with Gasteiger partial charge in [-0.1, -0.05) is 6.07 Å². The summed E-state index contributed by atoms with van der Waals surface area (Å²) in [5.41, 5.74) is 0. The molecule has 9 heteroatoms. The lowest BCUT2D eigenvalue weighted by atomic mass is 9.99. The SMILES string of the molecule is CN1CCN(CCCNC(=O)[C@@H]2CCCN(S(=O)(=O)c3cccs3)C2)CC1. The van der Waals surface area contributed by atoms with E-state index in [4.69, 9.17) is 0 Å². The first-order valence-electron chi connectivity index (χ1n) is 9.69. The standard InChI is InChI=1S/C18H30N4O3S2/c1-20-10-12-21(13-11-20)8-4-7-19-18(23)16-5-2-9-22(15-16)27(24,25)17-6-3-14-26-17/h3,6,14,16H,2,4-5,7-13,15H2,1H3,(H,19,23)/t16-/m1/s1. The number of nitrogens with one attached hydrogen (secondary N) is 1. The zero-order valence-corrected chi connectivity index (χ0v) is 17.6. The molecule has 2 aliphatic rings. The molecule has 1 aromatic rings. The first-order chi connectivity index (χ1) is 13.0. The molecule has 27 heavy (non-hydrogen) atoms. The molecule has 0 unspecified atom stereocenters. The maximum Gasteiger partial charge on any atom is 0.252 e. The fourth-order valence-corrected chi connectivity index (χ4v) is 6.31. The Hall–Kier alpha value is -1.00. The molecular weight excluding hydrogens is 384 g/mol. The van der Waals surface area contributed by atoms with Crippen LogP contribution in [0.5, 0.6) is 0 Å². The van der Waals surface area contributed by atoms with Gasteiger partial charge in [0, 0.05) is 45.8 Å². The number of rotatable bonds is 7. The highest BCUT2D eigenvalue weighted by Crippen LogP contribution is 2.26. The number of sulfonamides is 1. The third kappa shape index (κ3) is 5.51. The van der Waals surface area contributed by atoms with Gasteiger partial charge in [0.2, 0.25) is 5.91 Å². The van der Waals surface area contributed by atoms with E-state index in [0.717, 1.165) is 52.0 Å². The van der Waals surface area contributed by atoms with Gasteiger partial charge in [-0.05, 0) is 44.3 Å². The average molecular weight is 415 g/mol. The van der Waals surface area contributed by atoms with Crippen LogP contribution >= 0.6 is 11.3 Å². The number of nitrogens with zero attached hydrogens (tertiary/aromatic N) is 3. The minimum atomic E-state index is -3.47. The number of piperazine rings is 1. The number of carbonyl (C=O) groups excluding carboxylic acids is 1. The topological polar surface area (TPSA) is 73.0 Å². The van der Waals surface area contributed by atoms with Gasteiger partial charge in [-0.15, -0.1) is 11.3 Å². The van der Waals surface area contributed by atoms with Gasteiger partial charge < -0.3 is 15.1 Å². The van der Waals surface area contributed by atoms with E-state index < -0.39 is 10.0 Å². The summed E-state index contributed by atoms with van der Waals surface area (Å²) in [6, 6.07) is 3.37. The van der Waals surface area contributed by atoms with Crippen LogP contribution in [-0.2, 0) is 14.8 Å². The second-order valence-electron chi connectivity index (χ2n) is 7.42. The summed E-state index contributed by atoms with van der Waals surface area (Å²) in [6.07, 6.45) is 2.41. The molecule has 0 radical (unpaired) electrons. The fourth-order valence-electron chi connectivity index (χ4n) is 3.64. The number of hydrogen-bond donors (Lipinski definition) is 1. The van der Waals surface area contributed by atoms with E-state index in [9.17, 15) is 13.2 Å². The van der Waals surface area contributed by atoms with E-state index in [0.29, 0.717) is 17.3 Å². The maximum atomic E-state index is 12.7. The quantitative estimate of drug-likeness (QED) is 0.671. The van der Waals surface area contributed by atoms with Crippen LogP contribution in [0.3, 0.4) is 0 Å². The molecule has 7 nitrogen and oxygen atoms in total. The van der Waals surface area contributed by atoms with Crippen LogP contribution in [-0.4, -0.2) is 87.8 Å². The fraction of sp³-hybridized carbons (Fsp3) is 0.722. The number of likely N-dealkylation sites (N-methyl/N-ethyl adjacent to an activating group) is 1. The Morgan fingerprint density at radius 1 is 1.26 bits per heavy atom. The van der Waals surface area contributed by atoms with E-state index in [1.165, 1.54) is 15.6 Å². The summed E-state index contributed by atoms with van der Waals surface area (Å²) in [5.74, 6) is -0.267. The van der Waals surface area contributed by atoms with Gasteiger partial charge in [-0.2, -0.15) is 4.31 Å². The summed E-state index contributed by atoms with van der Waals surface area (Å²) in [7, 11) is -1.33. The zero-order chi connectivity index (χ0) is 19.3. The molecular formula is C18H30N4O3S2. The van der Waals surface area contributed by atoms with Crippen LogP contribution in [0.15, 0.2) is 21.7 Å². The molecule has 1 amide bonds. The third-order valence-corrected chi connectivity index (χ3v) is 8.63. The molecule has 2 aliphatic heterocycles. The van der Waals surface area contributed by atoms with Crippen molar-refractivity contribution in [2.75, 3.05) is 59.4 Å². The third-order valence-electron chi connectivity index (χ3n) is 5.39. The Bertz CT molecular complexity index is 700. The number of piperidine rings is 1. The Morgan fingerprint density at radius 3 is 2.74 bits per heavy atom. The smallest absolute Gasteiger partial charge is 0.252 e. The molecule has 3 heterocycles. The van der Waals surface area contributed by atoms with Crippen molar-refractivity contribution in [1.29, 1.82) is 0 Å². The van der Waals surface area contributed by atoms with Crippen LogP contribution in [0.1, 0.15) is 19.3 Å². The van der Waals surface area contributed by atoms with Crippen molar-refractivity contribution in [2.45, 2.75) is 23.5 Å². The molecule has 0 bridgehead atoms. The largest absolute Gasteiger partial charge is 0.356 e. The van der Waals surface area contributed by atoms with Crippen LogP contribution in [0.2, 0.25) is 0 Å². The van der Waals surface area contributed by atoms with Gasteiger partial charge in [0.15, 0.2) is 0 Å². The lowest BCUT2D eigenvalue weighted by Gasteiger charge is -2.32. The highest BCUT2D eigenvalue weighted by Gasteiger charge is 2.33. The first kappa shape index (κ1) is 20.7. The Labute approximate surface area is 166 Å². The van der Waals surface area contributed by atoms with Gasteiger partial charge in [-0.25, -0.2) is 8.42 Å². The molecule has 1 N–H and O–H groups in total. The van der Waals surface area contributed by atoms with Crippen molar-refractivity contribution in [3.8, 4) is 0 Å². The number of thiophene rings is 1. The summed E-state index contributed by atoms with van der Waals surface area (Å²) >= 11 is 1.23. The summed E-state index contributed by atoms with van der Waals surface area (Å²) in [5, 5.41) is 4.78. The average Bonchev–Trinajstić information content (AvgIpc) is 3.22. The molecule has 1 aromatic heterocycles. The van der Waals surface area contributed by atoms with Gasteiger partial charge in [0.05, 0.1) is 5.92 Å². The van der Waals surface area contributed by atoms with Crippen molar-refractivity contribution in [1.82, 2.24) is 19.4 Å². The van der Waals surface area contributed by atoms with Crippen molar-refractivity contribution in [2.24, 2.45) is 5.92 Å². The second-order valence-corrected chi connectivity index (χ2v) is 10.5. The predicted molar refractivity (Wildman–Crippen MR) is 107 cm³/mol. The van der Waals surface area contributed by atoms with E-state index in [2.05, 4.69) is 22.2 Å². The van der Waals surface area contributed by atoms with Gasteiger partial charge >= 0.3 is 0 Å². The minimum Gasteiger partial charge on any atom is -0.356 e. The monoisotopic (exact) mass is 414 g/mol. The van der Waals surface area contributed by atoms with E-state index in [1.54, 1.807) is 17.5 Å². The molecule has 0 spiro atoms. The van der Waals surface area contributed by atoms with Crippen LogP contribution in [0, 0.1) is 5.92 Å². The molecule has 152 valence electrons. The van der Waals surface area contributed by atoms with Crippen LogP contribution in [0.25, 0.3) is 0 Å². The lowest BCUT2D eigenvalue weighted by Crippen LogP contribution is -2.46. The number of carbonyl (C=O) groups is 1. The summed E-state index contributed by atoms with van der Waals surface area (Å²) in [6.45, 7) is 6.80. The number of amides is 1. The second kappa shape index (κ2) is 9.47. The minimum absolute atomic E-state index is 0.0144. The van der Waals surface area contributed by atoms with Crippen molar-refractivity contribution in [3.05, 3.63) is 17.5 Å². The Morgan fingerprint density at radius 2 is 2.04 bits per heavy atom. The Kier molecular flexibility index (Phi) is 7.27. The molecule has 1 atom stereocenters. The molecule has 0 saturated carbocycles. The first-order valence-corrected chi connectivity index (χ1v) is 12.0.